The highest BCUT2D eigenvalue weighted by Crippen LogP contribution is 2.36. The normalized spacial score (nSPS) is 13.4. The van der Waals surface area contributed by atoms with Gasteiger partial charge in [-0.05, 0) is 50.3 Å². The lowest BCUT2D eigenvalue weighted by Crippen LogP contribution is -2.26. The van der Waals surface area contributed by atoms with Crippen LogP contribution in [0.1, 0.15) is 53.7 Å². The van der Waals surface area contributed by atoms with Gasteiger partial charge in [-0.1, -0.05) is 54.1 Å². The van der Waals surface area contributed by atoms with E-state index in [-0.39, 0.29) is 17.7 Å². The van der Waals surface area contributed by atoms with Crippen LogP contribution in [0.2, 0.25) is 0 Å². The second-order valence-corrected chi connectivity index (χ2v) is 7.35. The van der Waals surface area contributed by atoms with E-state index < -0.39 is 0 Å². The summed E-state index contributed by atoms with van der Waals surface area (Å²) in [5.41, 5.74) is 3.72. The highest BCUT2D eigenvalue weighted by atomic mass is 16.5. The maximum Gasteiger partial charge on any atom is 0.255 e. The SMILES string of the molecule is COc1cc(C=Cc2ccccc2)c(C(=O)NC2CC2)c(O)c1CC=C(C)C. The Kier molecular flexibility index (Phi) is 6.19. The van der Waals surface area contributed by atoms with Crippen LogP contribution in [0.5, 0.6) is 11.5 Å². The van der Waals surface area contributed by atoms with Gasteiger partial charge in [0.1, 0.15) is 11.5 Å². The molecular weight excluding hydrogens is 350 g/mol. The molecule has 0 bridgehead atoms. The van der Waals surface area contributed by atoms with Crippen molar-refractivity contribution in [1.29, 1.82) is 0 Å². The van der Waals surface area contributed by atoms with E-state index in [4.69, 9.17) is 4.74 Å². The molecule has 1 aliphatic carbocycles. The van der Waals surface area contributed by atoms with Crippen molar-refractivity contribution in [2.45, 2.75) is 39.2 Å². The first-order valence-electron chi connectivity index (χ1n) is 9.59. The minimum absolute atomic E-state index is 0.0114. The van der Waals surface area contributed by atoms with Gasteiger partial charge in [0.25, 0.3) is 5.91 Å². The van der Waals surface area contributed by atoms with Crippen LogP contribution in [0.4, 0.5) is 0 Å². The third-order valence-corrected chi connectivity index (χ3v) is 4.72. The van der Waals surface area contributed by atoms with Gasteiger partial charge in [-0.25, -0.2) is 0 Å². The minimum atomic E-state index is -0.242. The Morgan fingerprint density at radius 3 is 2.54 bits per heavy atom. The van der Waals surface area contributed by atoms with Crippen molar-refractivity contribution in [2.75, 3.05) is 7.11 Å². The zero-order chi connectivity index (χ0) is 20.1. The Morgan fingerprint density at radius 1 is 1.21 bits per heavy atom. The Balaban J connectivity index is 2.07. The number of hydrogen-bond acceptors (Lipinski definition) is 3. The smallest absolute Gasteiger partial charge is 0.255 e. The van der Waals surface area contributed by atoms with Crippen LogP contribution in [-0.2, 0) is 6.42 Å². The summed E-state index contributed by atoms with van der Waals surface area (Å²) < 4.78 is 5.52. The first-order valence-corrected chi connectivity index (χ1v) is 9.59. The summed E-state index contributed by atoms with van der Waals surface area (Å²) in [6.45, 7) is 4.00. The minimum Gasteiger partial charge on any atom is -0.507 e. The molecule has 0 unspecified atom stereocenters. The Labute approximate surface area is 166 Å². The number of carbonyl (C=O) groups excluding carboxylic acids is 1. The molecule has 0 saturated heterocycles. The molecule has 4 heteroatoms. The maximum absolute atomic E-state index is 12.9. The zero-order valence-corrected chi connectivity index (χ0v) is 16.7. The fraction of sp³-hybridized carbons (Fsp3) is 0.292. The van der Waals surface area contributed by atoms with Crippen LogP contribution in [0.3, 0.4) is 0 Å². The number of rotatable bonds is 7. The highest BCUT2D eigenvalue weighted by molar-refractivity contribution is 6.02. The molecule has 0 heterocycles. The molecule has 0 aromatic heterocycles. The van der Waals surface area contributed by atoms with Crippen molar-refractivity contribution < 1.29 is 14.6 Å². The van der Waals surface area contributed by atoms with Crippen molar-refractivity contribution in [3.63, 3.8) is 0 Å². The molecule has 2 aromatic rings. The summed E-state index contributed by atoms with van der Waals surface area (Å²) in [6.07, 6.45) is 8.27. The molecule has 4 nitrogen and oxygen atoms in total. The number of amides is 1. The predicted octanol–water partition coefficient (Wildman–Crippen LogP) is 4.97. The van der Waals surface area contributed by atoms with Crippen LogP contribution in [0, 0.1) is 0 Å². The largest absolute Gasteiger partial charge is 0.507 e. The number of phenolic OH excluding ortho intramolecular Hbond substituents is 1. The Hall–Kier alpha value is -3.01. The number of ether oxygens (including phenoxy) is 1. The molecule has 146 valence electrons. The Bertz CT molecular complexity index is 905. The van der Waals surface area contributed by atoms with Gasteiger partial charge < -0.3 is 15.2 Å². The number of hydrogen-bond donors (Lipinski definition) is 2. The number of aromatic hydroxyl groups is 1. The standard InChI is InChI=1S/C24H27NO3/c1-16(2)9-14-20-21(28-3)15-18(11-10-17-7-5-4-6-8-17)22(23(20)26)24(27)25-19-12-13-19/h4-11,15,19,26H,12-14H2,1-3H3,(H,25,27). The van der Waals surface area contributed by atoms with Crippen LogP contribution in [-0.4, -0.2) is 24.2 Å². The van der Waals surface area contributed by atoms with E-state index in [9.17, 15) is 9.90 Å². The average molecular weight is 377 g/mol. The fourth-order valence-electron chi connectivity index (χ4n) is 3.00. The van der Waals surface area contributed by atoms with Crippen molar-refractivity contribution >= 4 is 18.1 Å². The van der Waals surface area contributed by atoms with Crippen LogP contribution < -0.4 is 10.1 Å². The van der Waals surface area contributed by atoms with Crippen molar-refractivity contribution in [3.8, 4) is 11.5 Å². The van der Waals surface area contributed by atoms with E-state index in [1.165, 1.54) is 0 Å². The second-order valence-electron chi connectivity index (χ2n) is 7.35. The fourth-order valence-corrected chi connectivity index (χ4v) is 3.00. The molecule has 0 aliphatic heterocycles. The number of benzene rings is 2. The van der Waals surface area contributed by atoms with Crippen molar-refractivity contribution in [3.05, 3.63) is 70.3 Å². The second kappa shape index (κ2) is 8.79. The zero-order valence-electron chi connectivity index (χ0n) is 16.7. The van der Waals surface area contributed by atoms with Crippen LogP contribution >= 0.6 is 0 Å². The number of methoxy groups -OCH3 is 1. The van der Waals surface area contributed by atoms with Gasteiger partial charge in [0.15, 0.2) is 0 Å². The third-order valence-electron chi connectivity index (χ3n) is 4.72. The highest BCUT2D eigenvalue weighted by Gasteiger charge is 2.28. The molecule has 1 amide bonds. The molecule has 0 spiro atoms. The molecule has 28 heavy (non-hydrogen) atoms. The lowest BCUT2D eigenvalue weighted by molar-refractivity contribution is 0.0948. The maximum atomic E-state index is 12.9. The molecule has 3 rings (SSSR count). The summed E-state index contributed by atoms with van der Waals surface area (Å²) in [4.78, 5) is 12.9. The summed E-state index contributed by atoms with van der Waals surface area (Å²) in [5.74, 6) is 0.321. The molecule has 2 aromatic carbocycles. The molecule has 0 atom stereocenters. The quantitative estimate of drug-likeness (QED) is 0.529. The van der Waals surface area contributed by atoms with Gasteiger partial charge in [0.2, 0.25) is 0 Å². The van der Waals surface area contributed by atoms with E-state index in [0.29, 0.717) is 28.9 Å². The first kappa shape index (κ1) is 19.7. The van der Waals surface area contributed by atoms with Crippen molar-refractivity contribution in [1.82, 2.24) is 5.32 Å². The first-order chi connectivity index (χ1) is 13.5. The predicted molar refractivity (Wildman–Crippen MR) is 114 cm³/mol. The number of nitrogens with one attached hydrogen (secondary N) is 1. The van der Waals surface area contributed by atoms with E-state index >= 15 is 0 Å². The van der Waals surface area contributed by atoms with Gasteiger partial charge in [-0.3, -0.25) is 4.79 Å². The average Bonchev–Trinajstić information content (AvgIpc) is 3.49. The molecule has 0 radical (unpaired) electrons. The van der Waals surface area contributed by atoms with E-state index in [1.54, 1.807) is 7.11 Å². The lowest BCUT2D eigenvalue weighted by atomic mass is 9.96. The topological polar surface area (TPSA) is 58.6 Å². The van der Waals surface area contributed by atoms with Crippen LogP contribution in [0.25, 0.3) is 12.2 Å². The molecule has 1 fully saturated rings. The molecule has 2 N–H and O–H groups in total. The molecule has 1 aliphatic rings. The van der Waals surface area contributed by atoms with Gasteiger partial charge in [0, 0.05) is 11.6 Å². The van der Waals surface area contributed by atoms with Gasteiger partial charge in [-0.2, -0.15) is 0 Å². The number of carbonyl (C=O) groups is 1. The number of phenols is 1. The van der Waals surface area contributed by atoms with E-state index in [2.05, 4.69) is 5.32 Å². The third kappa shape index (κ3) is 4.83. The summed E-state index contributed by atoms with van der Waals surface area (Å²) in [7, 11) is 1.58. The van der Waals surface area contributed by atoms with Gasteiger partial charge >= 0.3 is 0 Å². The Morgan fingerprint density at radius 2 is 1.93 bits per heavy atom. The van der Waals surface area contributed by atoms with Gasteiger partial charge in [0.05, 0.1) is 12.7 Å². The molecular formula is C24H27NO3. The molecule has 1 saturated carbocycles. The van der Waals surface area contributed by atoms with E-state index in [1.807, 2.05) is 68.5 Å². The van der Waals surface area contributed by atoms with Crippen LogP contribution in [0.15, 0.2) is 48.0 Å². The summed E-state index contributed by atoms with van der Waals surface area (Å²) in [5, 5.41) is 14.0. The van der Waals surface area contributed by atoms with Crippen molar-refractivity contribution in [2.24, 2.45) is 0 Å². The lowest BCUT2D eigenvalue weighted by Gasteiger charge is -2.16. The summed E-state index contributed by atoms with van der Waals surface area (Å²) >= 11 is 0. The summed E-state index contributed by atoms with van der Waals surface area (Å²) in [6, 6.07) is 11.9. The van der Waals surface area contributed by atoms with E-state index in [0.717, 1.165) is 24.0 Å². The monoisotopic (exact) mass is 377 g/mol. The number of allylic oxidation sites excluding steroid dienone is 2. The van der Waals surface area contributed by atoms with Gasteiger partial charge in [-0.15, -0.1) is 0 Å².